The Morgan fingerprint density at radius 3 is 2.58 bits per heavy atom. The van der Waals surface area contributed by atoms with E-state index in [2.05, 4.69) is 20.5 Å². The van der Waals surface area contributed by atoms with Gasteiger partial charge in [-0.15, -0.1) is 10.2 Å². The number of nitrogens with one attached hydrogen (secondary N) is 1. The topological polar surface area (TPSA) is 72.7 Å². The molecule has 1 N–H and O–H groups in total. The molecule has 0 saturated heterocycles. The second-order valence-electron chi connectivity index (χ2n) is 7.22. The highest BCUT2D eigenvalue weighted by Gasteiger charge is 2.18. The van der Waals surface area contributed by atoms with Gasteiger partial charge in [0.25, 0.3) is 0 Å². The van der Waals surface area contributed by atoms with E-state index >= 15 is 0 Å². The fourth-order valence-electron chi connectivity index (χ4n) is 3.52. The smallest absolute Gasteiger partial charge is 0.234 e. The number of anilines is 1. The molecule has 2 heterocycles. The van der Waals surface area contributed by atoms with Gasteiger partial charge in [0.1, 0.15) is 0 Å². The van der Waals surface area contributed by atoms with Gasteiger partial charge >= 0.3 is 0 Å². The minimum atomic E-state index is -0.120. The van der Waals surface area contributed by atoms with Gasteiger partial charge in [-0.3, -0.25) is 14.3 Å². The summed E-state index contributed by atoms with van der Waals surface area (Å²) in [6.45, 7) is 0. The number of rotatable bonds is 6. The molecule has 5 rings (SSSR count). The van der Waals surface area contributed by atoms with Crippen molar-refractivity contribution in [1.82, 2.24) is 19.7 Å². The molecule has 0 fully saturated rings. The molecule has 0 spiro atoms. The molecule has 8 heteroatoms. The molecule has 0 atom stereocenters. The van der Waals surface area contributed by atoms with E-state index in [0.717, 1.165) is 27.7 Å². The van der Waals surface area contributed by atoms with Crippen molar-refractivity contribution < 1.29 is 4.79 Å². The van der Waals surface area contributed by atoms with Crippen LogP contribution in [0, 0.1) is 0 Å². The highest BCUT2D eigenvalue weighted by molar-refractivity contribution is 7.99. The van der Waals surface area contributed by atoms with Gasteiger partial charge in [-0.2, -0.15) is 0 Å². The summed E-state index contributed by atoms with van der Waals surface area (Å²) in [5.74, 6) is 0.703. The Morgan fingerprint density at radius 2 is 1.76 bits per heavy atom. The van der Waals surface area contributed by atoms with Crippen LogP contribution in [0.1, 0.15) is 0 Å². The van der Waals surface area contributed by atoms with Gasteiger partial charge in [-0.1, -0.05) is 59.8 Å². The van der Waals surface area contributed by atoms with Crippen molar-refractivity contribution in [3.05, 3.63) is 96.3 Å². The summed E-state index contributed by atoms with van der Waals surface area (Å²) < 4.78 is 1.91. The molecular formula is C25H18ClN5OS. The van der Waals surface area contributed by atoms with Crippen LogP contribution >= 0.6 is 23.4 Å². The van der Waals surface area contributed by atoms with Crippen molar-refractivity contribution in [3.8, 4) is 17.1 Å². The Bertz CT molecular complexity index is 1410. The van der Waals surface area contributed by atoms with Gasteiger partial charge in [0.2, 0.25) is 5.91 Å². The molecule has 0 aliphatic carbocycles. The number of halogens is 1. The second kappa shape index (κ2) is 9.44. The van der Waals surface area contributed by atoms with Crippen LogP contribution in [-0.2, 0) is 4.79 Å². The predicted molar refractivity (Wildman–Crippen MR) is 133 cm³/mol. The molecule has 0 saturated carbocycles. The zero-order valence-corrected chi connectivity index (χ0v) is 18.9. The van der Waals surface area contributed by atoms with Gasteiger partial charge in [0.15, 0.2) is 11.0 Å². The summed E-state index contributed by atoms with van der Waals surface area (Å²) in [7, 11) is 0. The summed E-state index contributed by atoms with van der Waals surface area (Å²) in [6, 6.07) is 25.0. The standard InChI is InChI=1S/C25H18ClN5OS/c26-19-10-12-20(13-11-19)31-24(18-7-4-14-27-15-18)29-30-25(31)33-16-23(32)28-22-9-3-6-17-5-1-2-8-21(17)22/h1-15H,16H2,(H,28,32). The molecule has 162 valence electrons. The quantitative estimate of drug-likeness (QED) is 0.314. The maximum absolute atomic E-state index is 12.8. The molecule has 0 aliphatic rings. The third kappa shape index (κ3) is 4.60. The average Bonchev–Trinajstić information content (AvgIpc) is 3.28. The number of fused-ring (bicyclic) bond motifs is 1. The van der Waals surface area contributed by atoms with E-state index < -0.39 is 0 Å². The van der Waals surface area contributed by atoms with Gasteiger partial charge in [-0.05, 0) is 47.9 Å². The van der Waals surface area contributed by atoms with E-state index in [4.69, 9.17) is 11.6 Å². The number of nitrogens with zero attached hydrogens (tertiary/aromatic N) is 4. The minimum Gasteiger partial charge on any atom is -0.325 e. The Balaban J connectivity index is 1.41. The number of pyridine rings is 1. The first kappa shape index (κ1) is 21.2. The van der Waals surface area contributed by atoms with Crippen molar-refractivity contribution >= 4 is 45.7 Å². The number of hydrogen-bond acceptors (Lipinski definition) is 5. The number of hydrogen-bond donors (Lipinski definition) is 1. The van der Waals surface area contributed by atoms with E-state index in [0.29, 0.717) is 16.0 Å². The van der Waals surface area contributed by atoms with E-state index in [1.54, 1.807) is 12.4 Å². The lowest BCUT2D eigenvalue weighted by molar-refractivity contribution is -0.113. The summed E-state index contributed by atoms with van der Waals surface area (Å²) in [5.41, 5.74) is 2.46. The highest BCUT2D eigenvalue weighted by Crippen LogP contribution is 2.29. The van der Waals surface area contributed by atoms with Crippen molar-refractivity contribution in [1.29, 1.82) is 0 Å². The van der Waals surface area contributed by atoms with Gasteiger partial charge in [-0.25, -0.2) is 0 Å². The molecule has 0 radical (unpaired) electrons. The van der Waals surface area contributed by atoms with Crippen LogP contribution < -0.4 is 5.32 Å². The molecule has 0 unspecified atom stereocenters. The summed E-state index contributed by atoms with van der Waals surface area (Å²) in [5, 5.41) is 15.1. The fourth-order valence-corrected chi connectivity index (χ4v) is 4.40. The Morgan fingerprint density at radius 1 is 0.939 bits per heavy atom. The number of aromatic nitrogens is 4. The molecule has 2 aromatic heterocycles. The van der Waals surface area contributed by atoms with Crippen molar-refractivity contribution in [2.45, 2.75) is 5.16 Å². The molecule has 1 amide bonds. The number of carbonyl (C=O) groups excluding carboxylic acids is 1. The second-order valence-corrected chi connectivity index (χ2v) is 8.60. The van der Waals surface area contributed by atoms with Gasteiger partial charge in [0, 0.05) is 39.7 Å². The molecule has 5 aromatic rings. The van der Waals surface area contributed by atoms with Crippen molar-refractivity contribution in [2.75, 3.05) is 11.1 Å². The first-order valence-electron chi connectivity index (χ1n) is 10.2. The summed E-state index contributed by atoms with van der Waals surface area (Å²) in [4.78, 5) is 17.0. The lowest BCUT2D eigenvalue weighted by Gasteiger charge is -2.11. The fraction of sp³-hybridized carbons (Fsp3) is 0.0400. The van der Waals surface area contributed by atoms with E-state index in [-0.39, 0.29) is 11.7 Å². The number of amides is 1. The SMILES string of the molecule is O=C(CSc1nnc(-c2cccnc2)n1-c1ccc(Cl)cc1)Nc1cccc2ccccc12. The summed E-state index contributed by atoms with van der Waals surface area (Å²) in [6.07, 6.45) is 3.44. The third-order valence-corrected chi connectivity index (χ3v) is 6.21. The van der Waals surface area contributed by atoms with Crippen LogP contribution in [0.25, 0.3) is 27.8 Å². The number of benzene rings is 3. The van der Waals surface area contributed by atoms with Gasteiger partial charge < -0.3 is 5.32 Å². The largest absolute Gasteiger partial charge is 0.325 e. The van der Waals surface area contributed by atoms with Gasteiger partial charge in [0.05, 0.1) is 5.75 Å². The van der Waals surface area contributed by atoms with E-state index in [9.17, 15) is 4.79 Å². The van der Waals surface area contributed by atoms with Crippen LogP contribution in [0.15, 0.2) is 96.4 Å². The minimum absolute atomic E-state index is 0.120. The monoisotopic (exact) mass is 471 g/mol. The maximum Gasteiger partial charge on any atom is 0.234 e. The molecule has 6 nitrogen and oxygen atoms in total. The zero-order chi connectivity index (χ0) is 22.6. The molecule has 33 heavy (non-hydrogen) atoms. The third-order valence-electron chi connectivity index (χ3n) is 5.03. The first-order chi connectivity index (χ1) is 16.2. The Kier molecular flexibility index (Phi) is 6.06. The summed E-state index contributed by atoms with van der Waals surface area (Å²) >= 11 is 7.40. The van der Waals surface area contributed by atoms with E-state index in [1.807, 2.05) is 83.4 Å². The van der Waals surface area contributed by atoms with Crippen LogP contribution in [0.2, 0.25) is 5.02 Å². The van der Waals surface area contributed by atoms with Crippen LogP contribution in [0.5, 0.6) is 0 Å². The molecular weight excluding hydrogens is 454 g/mol. The van der Waals surface area contributed by atoms with Crippen LogP contribution in [0.4, 0.5) is 5.69 Å². The van der Waals surface area contributed by atoms with E-state index in [1.165, 1.54) is 11.8 Å². The lowest BCUT2D eigenvalue weighted by Crippen LogP contribution is -2.14. The number of thioether (sulfide) groups is 1. The molecule has 3 aromatic carbocycles. The lowest BCUT2D eigenvalue weighted by atomic mass is 10.1. The first-order valence-corrected chi connectivity index (χ1v) is 11.6. The van der Waals surface area contributed by atoms with Crippen LogP contribution in [-0.4, -0.2) is 31.4 Å². The zero-order valence-electron chi connectivity index (χ0n) is 17.4. The maximum atomic E-state index is 12.8. The molecule has 0 aliphatic heterocycles. The highest BCUT2D eigenvalue weighted by atomic mass is 35.5. The number of carbonyl (C=O) groups is 1. The predicted octanol–water partition coefficient (Wildman–Crippen LogP) is 5.87. The molecule has 0 bridgehead atoms. The Hall–Kier alpha value is -3.68. The van der Waals surface area contributed by atoms with Crippen molar-refractivity contribution in [2.24, 2.45) is 0 Å². The Labute approximate surface area is 199 Å². The van der Waals surface area contributed by atoms with Crippen LogP contribution in [0.3, 0.4) is 0 Å². The normalized spacial score (nSPS) is 10.9. The average molecular weight is 472 g/mol. The van der Waals surface area contributed by atoms with Crippen molar-refractivity contribution in [3.63, 3.8) is 0 Å².